The number of ether oxygens (including phenoxy) is 2. The molecule has 0 saturated carbocycles. The smallest absolute Gasteiger partial charge is 0.123 e. The summed E-state index contributed by atoms with van der Waals surface area (Å²) in [6, 6.07) is 8.47. The van der Waals surface area contributed by atoms with E-state index in [2.05, 4.69) is 36.5 Å². The molecular formula is C18H27NO2. The Morgan fingerprint density at radius 3 is 2.81 bits per heavy atom. The van der Waals surface area contributed by atoms with Crippen LogP contribution in [0.4, 0.5) is 0 Å². The van der Waals surface area contributed by atoms with Gasteiger partial charge in [0.1, 0.15) is 11.9 Å². The fraction of sp³-hybridized carbons (Fsp3) is 0.667. The topological polar surface area (TPSA) is 30.5 Å². The van der Waals surface area contributed by atoms with Crippen molar-refractivity contribution in [2.45, 2.75) is 45.1 Å². The molecule has 1 atom stereocenters. The average Bonchev–Trinajstić information content (AvgIpc) is 2.90. The van der Waals surface area contributed by atoms with Crippen LogP contribution in [-0.2, 0) is 11.2 Å². The van der Waals surface area contributed by atoms with Crippen LogP contribution in [0, 0.1) is 5.41 Å². The van der Waals surface area contributed by atoms with Gasteiger partial charge in [-0.1, -0.05) is 25.1 Å². The summed E-state index contributed by atoms with van der Waals surface area (Å²) in [5, 5.41) is 3.63. The lowest BCUT2D eigenvalue weighted by molar-refractivity contribution is -0.00588. The van der Waals surface area contributed by atoms with Gasteiger partial charge in [0, 0.05) is 26.2 Å². The number of benzene rings is 1. The molecule has 1 unspecified atom stereocenters. The van der Waals surface area contributed by atoms with Crippen molar-refractivity contribution in [3.63, 3.8) is 0 Å². The van der Waals surface area contributed by atoms with Gasteiger partial charge in [-0.05, 0) is 49.3 Å². The van der Waals surface area contributed by atoms with Crippen molar-refractivity contribution in [1.29, 1.82) is 0 Å². The van der Waals surface area contributed by atoms with Gasteiger partial charge < -0.3 is 14.8 Å². The van der Waals surface area contributed by atoms with E-state index in [1.807, 2.05) is 0 Å². The third-order valence-corrected chi connectivity index (χ3v) is 4.85. The molecule has 1 fully saturated rings. The lowest BCUT2D eigenvalue weighted by atomic mass is 9.75. The number of hydrogen-bond donors (Lipinski definition) is 1. The predicted molar refractivity (Wildman–Crippen MR) is 84.8 cm³/mol. The molecule has 3 nitrogen and oxygen atoms in total. The molecule has 3 heteroatoms. The Hall–Kier alpha value is -1.06. The second kappa shape index (κ2) is 6.80. The number of para-hydroxylation sites is 1. The van der Waals surface area contributed by atoms with E-state index in [4.69, 9.17) is 9.47 Å². The molecule has 2 aliphatic heterocycles. The van der Waals surface area contributed by atoms with Gasteiger partial charge in [0.2, 0.25) is 0 Å². The highest BCUT2D eigenvalue weighted by Crippen LogP contribution is 2.39. The maximum absolute atomic E-state index is 6.17. The number of nitrogens with one attached hydrogen (secondary N) is 1. The van der Waals surface area contributed by atoms with E-state index in [1.165, 1.54) is 12.0 Å². The monoisotopic (exact) mass is 289 g/mol. The van der Waals surface area contributed by atoms with E-state index in [1.54, 1.807) is 0 Å². The molecule has 1 N–H and O–H groups in total. The fourth-order valence-corrected chi connectivity index (χ4v) is 3.64. The molecule has 1 aromatic rings. The first-order chi connectivity index (χ1) is 10.3. The molecule has 1 saturated heterocycles. The Labute approximate surface area is 128 Å². The second-order valence-corrected chi connectivity index (χ2v) is 6.54. The van der Waals surface area contributed by atoms with Crippen LogP contribution in [0.5, 0.6) is 5.75 Å². The van der Waals surface area contributed by atoms with Crippen LogP contribution < -0.4 is 10.1 Å². The zero-order valence-corrected chi connectivity index (χ0v) is 13.1. The molecule has 0 radical (unpaired) electrons. The van der Waals surface area contributed by atoms with E-state index in [0.29, 0.717) is 11.5 Å². The summed E-state index contributed by atoms with van der Waals surface area (Å²) in [4.78, 5) is 0. The second-order valence-electron chi connectivity index (χ2n) is 6.54. The van der Waals surface area contributed by atoms with Crippen LogP contribution in [0.1, 0.15) is 38.2 Å². The largest absolute Gasteiger partial charge is 0.490 e. The first kappa shape index (κ1) is 14.9. The van der Waals surface area contributed by atoms with Gasteiger partial charge in [-0.15, -0.1) is 0 Å². The molecule has 21 heavy (non-hydrogen) atoms. The zero-order chi connectivity index (χ0) is 14.5. The summed E-state index contributed by atoms with van der Waals surface area (Å²) in [6.45, 7) is 6.22. The molecule has 0 amide bonds. The van der Waals surface area contributed by atoms with Gasteiger partial charge in [0.25, 0.3) is 0 Å². The highest BCUT2D eigenvalue weighted by atomic mass is 16.5. The van der Waals surface area contributed by atoms with Crippen molar-refractivity contribution in [2.24, 2.45) is 5.41 Å². The number of rotatable bonds is 6. The van der Waals surface area contributed by atoms with Gasteiger partial charge in [-0.3, -0.25) is 0 Å². The summed E-state index contributed by atoms with van der Waals surface area (Å²) in [6.07, 6.45) is 6.04. The maximum atomic E-state index is 6.17. The molecule has 0 spiro atoms. The summed E-state index contributed by atoms with van der Waals surface area (Å²) in [5.41, 5.74) is 1.71. The van der Waals surface area contributed by atoms with Crippen molar-refractivity contribution in [3.05, 3.63) is 29.8 Å². The summed E-state index contributed by atoms with van der Waals surface area (Å²) in [7, 11) is 0. The van der Waals surface area contributed by atoms with Crippen LogP contribution in [0.3, 0.4) is 0 Å². The van der Waals surface area contributed by atoms with Gasteiger partial charge >= 0.3 is 0 Å². The average molecular weight is 289 g/mol. The third kappa shape index (κ3) is 3.58. The van der Waals surface area contributed by atoms with Crippen LogP contribution >= 0.6 is 0 Å². The first-order valence-electron chi connectivity index (χ1n) is 8.34. The standard InChI is InChI=1S/C18H27NO2/c1-2-9-19-14-18(7-10-20-11-8-18)13-16-12-15-5-3-4-6-17(15)21-16/h3-6,16,19H,2,7-14H2,1H3. The molecule has 2 heterocycles. The third-order valence-electron chi connectivity index (χ3n) is 4.85. The minimum absolute atomic E-state index is 0.337. The van der Waals surface area contributed by atoms with E-state index < -0.39 is 0 Å². The zero-order valence-electron chi connectivity index (χ0n) is 13.1. The van der Waals surface area contributed by atoms with E-state index in [9.17, 15) is 0 Å². The first-order valence-corrected chi connectivity index (χ1v) is 8.34. The molecular weight excluding hydrogens is 262 g/mol. The molecule has 2 aliphatic rings. The van der Waals surface area contributed by atoms with Crippen molar-refractivity contribution in [1.82, 2.24) is 5.32 Å². The van der Waals surface area contributed by atoms with Crippen molar-refractivity contribution in [2.75, 3.05) is 26.3 Å². The Morgan fingerprint density at radius 2 is 2.05 bits per heavy atom. The van der Waals surface area contributed by atoms with E-state index in [-0.39, 0.29) is 0 Å². The predicted octanol–water partition coefficient (Wildman–Crippen LogP) is 3.18. The van der Waals surface area contributed by atoms with Gasteiger partial charge in [-0.25, -0.2) is 0 Å². The van der Waals surface area contributed by atoms with Crippen molar-refractivity contribution < 1.29 is 9.47 Å². The molecule has 0 aromatic heterocycles. The normalized spacial score (nSPS) is 23.6. The van der Waals surface area contributed by atoms with Gasteiger partial charge in [0.05, 0.1) is 0 Å². The van der Waals surface area contributed by atoms with E-state index in [0.717, 1.165) is 57.7 Å². The summed E-state index contributed by atoms with van der Waals surface area (Å²) in [5.74, 6) is 1.09. The van der Waals surface area contributed by atoms with Gasteiger partial charge in [-0.2, -0.15) is 0 Å². The van der Waals surface area contributed by atoms with Crippen LogP contribution in [0.2, 0.25) is 0 Å². The number of fused-ring (bicyclic) bond motifs is 1. The summed E-state index contributed by atoms with van der Waals surface area (Å²) >= 11 is 0. The van der Waals surface area contributed by atoms with Crippen LogP contribution in [0.15, 0.2) is 24.3 Å². The molecule has 3 rings (SSSR count). The molecule has 1 aromatic carbocycles. The Kier molecular flexibility index (Phi) is 4.81. The summed E-state index contributed by atoms with van der Waals surface area (Å²) < 4.78 is 11.8. The van der Waals surface area contributed by atoms with Gasteiger partial charge in [0.15, 0.2) is 0 Å². The molecule has 0 aliphatic carbocycles. The van der Waals surface area contributed by atoms with Crippen LogP contribution in [-0.4, -0.2) is 32.4 Å². The Balaban J connectivity index is 1.62. The maximum Gasteiger partial charge on any atom is 0.123 e. The van der Waals surface area contributed by atoms with E-state index >= 15 is 0 Å². The lowest BCUT2D eigenvalue weighted by Crippen LogP contribution is -2.42. The highest BCUT2D eigenvalue weighted by molar-refractivity contribution is 5.37. The molecule has 0 bridgehead atoms. The van der Waals surface area contributed by atoms with Crippen LogP contribution in [0.25, 0.3) is 0 Å². The van der Waals surface area contributed by atoms with Crippen molar-refractivity contribution >= 4 is 0 Å². The quantitative estimate of drug-likeness (QED) is 0.816. The SMILES string of the molecule is CCCNCC1(CC2Cc3ccccc3O2)CCOCC1. The minimum atomic E-state index is 0.337. The van der Waals surface area contributed by atoms with Crippen molar-refractivity contribution in [3.8, 4) is 5.75 Å². The molecule has 116 valence electrons. The Bertz CT molecular complexity index is 429. The fourth-order valence-electron chi connectivity index (χ4n) is 3.64. The number of hydrogen-bond acceptors (Lipinski definition) is 3. The highest BCUT2D eigenvalue weighted by Gasteiger charge is 2.37. The minimum Gasteiger partial charge on any atom is -0.490 e. The lowest BCUT2D eigenvalue weighted by Gasteiger charge is -2.39. The Morgan fingerprint density at radius 1 is 1.24 bits per heavy atom.